The van der Waals surface area contributed by atoms with Crippen LogP contribution < -0.4 is 4.74 Å². The first-order valence-electron chi connectivity index (χ1n) is 4.50. The van der Waals surface area contributed by atoms with E-state index in [1.165, 1.54) is 5.56 Å². The molecule has 0 bridgehead atoms. The van der Waals surface area contributed by atoms with Gasteiger partial charge in [0, 0.05) is 0 Å². The molecule has 0 aliphatic carbocycles. The average molecular weight is 213 g/mol. The monoisotopic (exact) mass is 212 g/mol. The molecule has 0 spiro atoms. The second-order valence-electron chi connectivity index (χ2n) is 3.37. The summed E-state index contributed by atoms with van der Waals surface area (Å²) in [7, 11) is 0. The number of benzene rings is 1. The number of halogens is 1. The van der Waals surface area contributed by atoms with Crippen LogP contribution >= 0.6 is 11.6 Å². The first-order chi connectivity index (χ1) is 6.59. The number of ether oxygens (including phenoxy) is 1. The van der Waals surface area contributed by atoms with Crippen molar-refractivity contribution in [3.8, 4) is 5.75 Å². The van der Waals surface area contributed by atoms with Crippen molar-refractivity contribution in [3.05, 3.63) is 29.8 Å². The van der Waals surface area contributed by atoms with E-state index in [0.29, 0.717) is 11.7 Å². The summed E-state index contributed by atoms with van der Waals surface area (Å²) in [4.78, 5) is 10.4. The molecule has 0 saturated carbocycles. The highest BCUT2D eigenvalue weighted by atomic mass is 35.5. The Kier molecular flexibility index (Phi) is 3.96. The number of carbonyl (C=O) groups excluding carboxylic acids is 1. The van der Waals surface area contributed by atoms with Gasteiger partial charge in [0.1, 0.15) is 5.75 Å². The Bertz CT molecular complexity index is 304. The SMILES string of the molecule is CC(C)c1ccc(OCC(=O)Cl)cc1. The normalized spacial score (nSPS) is 10.3. The molecular formula is C11H13ClO2. The lowest BCUT2D eigenvalue weighted by atomic mass is 10.0. The summed E-state index contributed by atoms with van der Waals surface area (Å²) in [6.45, 7) is 4.17. The smallest absolute Gasteiger partial charge is 0.259 e. The van der Waals surface area contributed by atoms with Gasteiger partial charge in [-0.05, 0) is 35.2 Å². The fourth-order valence-electron chi connectivity index (χ4n) is 1.09. The van der Waals surface area contributed by atoms with Gasteiger partial charge >= 0.3 is 0 Å². The summed E-state index contributed by atoms with van der Waals surface area (Å²) in [6, 6.07) is 7.65. The standard InChI is InChI=1S/C11H13ClO2/c1-8(2)9-3-5-10(6-4-9)14-7-11(12)13/h3-6,8H,7H2,1-2H3. The Hall–Kier alpha value is -1.02. The molecule has 0 aromatic heterocycles. The molecule has 14 heavy (non-hydrogen) atoms. The molecule has 0 amide bonds. The topological polar surface area (TPSA) is 26.3 Å². The Morgan fingerprint density at radius 2 is 1.93 bits per heavy atom. The fourth-order valence-corrected chi connectivity index (χ4v) is 1.14. The minimum Gasteiger partial charge on any atom is -0.484 e. The predicted molar refractivity (Wildman–Crippen MR) is 56.9 cm³/mol. The third kappa shape index (κ3) is 3.38. The molecule has 0 saturated heterocycles. The Morgan fingerprint density at radius 3 is 2.36 bits per heavy atom. The molecule has 3 heteroatoms. The summed E-state index contributed by atoms with van der Waals surface area (Å²) >= 11 is 5.15. The quantitative estimate of drug-likeness (QED) is 0.718. The van der Waals surface area contributed by atoms with Crippen molar-refractivity contribution < 1.29 is 9.53 Å². The van der Waals surface area contributed by atoms with Gasteiger partial charge in [-0.1, -0.05) is 26.0 Å². The van der Waals surface area contributed by atoms with Crippen molar-refractivity contribution in [1.29, 1.82) is 0 Å². The van der Waals surface area contributed by atoms with E-state index < -0.39 is 5.24 Å². The molecule has 1 aromatic rings. The molecule has 1 aromatic carbocycles. The maximum absolute atomic E-state index is 10.4. The van der Waals surface area contributed by atoms with E-state index in [2.05, 4.69) is 13.8 Å². The van der Waals surface area contributed by atoms with Crippen LogP contribution in [0.4, 0.5) is 0 Å². The predicted octanol–water partition coefficient (Wildman–Crippen LogP) is 2.95. The van der Waals surface area contributed by atoms with Crippen LogP contribution in [-0.4, -0.2) is 11.8 Å². The molecule has 1 rings (SSSR count). The second-order valence-corrected chi connectivity index (χ2v) is 3.79. The Balaban J connectivity index is 2.59. The van der Waals surface area contributed by atoms with Gasteiger partial charge in [0.15, 0.2) is 6.61 Å². The van der Waals surface area contributed by atoms with E-state index in [9.17, 15) is 4.79 Å². The van der Waals surface area contributed by atoms with Crippen molar-refractivity contribution in [2.24, 2.45) is 0 Å². The van der Waals surface area contributed by atoms with Gasteiger partial charge in [0.05, 0.1) is 0 Å². The van der Waals surface area contributed by atoms with Crippen LogP contribution in [0.1, 0.15) is 25.3 Å². The number of carbonyl (C=O) groups is 1. The van der Waals surface area contributed by atoms with E-state index in [1.807, 2.05) is 24.3 Å². The molecule has 0 atom stereocenters. The van der Waals surface area contributed by atoms with Gasteiger partial charge in [-0.25, -0.2) is 0 Å². The summed E-state index contributed by atoms with van der Waals surface area (Å²) in [5, 5.41) is -0.488. The zero-order chi connectivity index (χ0) is 10.6. The van der Waals surface area contributed by atoms with Crippen LogP contribution in [0, 0.1) is 0 Å². The largest absolute Gasteiger partial charge is 0.484 e. The molecule has 0 radical (unpaired) electrons. The highest BCUT2D eigenvalue weighted by Gasteiger charge is 2.00. The van der Waals surface area contributed by atoms with Crippen LogP contribution in [0.3, 0.4) is 0 Å². The van der Waals surface area contributed by atoms with Crippen molar-refractivity contribution in [2.45, 2.75) is 19.8 Å². The van der Waals surface area contributed by atoms with Crippen molar-refractivity contribution in [1.82, 2.24) is 0 Å². The third-order valence-corrected chi connectivity index (χ3v) is 2.01. The summed E-state index contributed by atoms with van der Waals surface area (Å²) in [5.74, 6) is 1.17. The first-order valence-corrected chi connectivity index (χ1v) is 4.88. The van der Waals surface area contributed by atoms with E-state index >= 15 is 0 Å². The van der Waals surface area contributed by atoms with E-state index in [1.54, 1.807) is 0 Å². The number of rotatable bonds is 4. The second kappa shape index (κ2) is 5.01. The number of hydrogen-bond donors (Lipinski definition) is 0. The molecule has 0 aliphatic rings. The van der Waals surface area contributed by atoms with Crippen molar-refractivity contribution in [2.75, 3.05) is 6.61 Å². The summed E-state index contributed by atoms with van der Waals surface area (Å²) in [5.41, 5.74) is 1.24. The third-order valence-electron chi connectivity index (χ3n) is 1.90. The fraction of sp³-hybridized carbons (Fsp3) is 0.364. The van der Waals surface area contributed by atoms with Crippen LogP contribution in [0.25, 0.3) is 0 Å². The molecule has 0 unspecified atom stereocenters. The van der Waals surface area contributed by atoms with E-state index in [-0.39, 0.29) is 6.61 Å². The Labute approximate surface area is 88.8 Å². The van der Waals surface area contributed by atoms with Gasteiger partial charge in [0.25, 0.3) is 5.24 Å². The average Bonchev–Trinajstić information content (AvgIpc) is 2.15. The summed E-state index contributed by atoms with van der Waals surface area (Å²) < 4.78 is 5.12. The van der Waals surface area contributed by atoms with Gasteiger partial charge in [-0.15, -0.1) is 0 Å². The minimum absolute atomic E-state index is 0.0808. The lowest BCUT2D eigenvalue weighted by Crippen LogP contribution is -2.04. The lowest BCUT2D eigenvalue weighted by Gasteiger charge is -2.07. The lowest BCUT2D eigenvalue weighted by molar-refractivity contribution is -0.113. The van der Waals surface area contributed by atoms with E-state index in [0.717, 1.165) is 0 Å². The molecule has 0 fully saturated rings. The molecule has 2 nitrogen and oxygen atoms in total. The molecule has 76 valence electrons. The maximum atomic E-state index is 10.4. The highest BCUT2D eigenvalue weighted by Crippen LogP contribution is 2.18. The van der Waals surface area contributed by atoms with E-state index in [4.69, 9.17) is 16.3 Å². The Morgan fingerprint density at radius 1 is 1.36 bits per heavy atom. The van der Waals surface area contributed by atoms with Crippen LogP contribution in [0.5, 0.6) is 5.75 Å². The van der Waals surface area contributed by atoms with Crippen molar-refractivity contribution in [3.63, 3.8) is 0 Å². The molecule has 0 N–H and O–H groups in total. The van der Waals surface area contributed by atoms with Gasteiger partial charge in [-0.3, -0.25) is 4.79 Å². The van der Waals surface area contributed by atoms with Gasteiger partial charge < -0.3 is 4.74 Å². The van der Waals surface area contributed by atoms with Crippen LogP contribution in [-0.2, 0) is 4.79 Å². The van der Waals surface area contributed by atoms with Crippen LogP contribution in [0.15, 0.2) is 24.3 Å². The molecular weight excluding hydrogens is 200 g/mol. The van der Waals surface area contributed by atoms with Gasteiger partial charge in [0.2, 0.25) is 0 Å². The molecule has 0 aliphatic heterocycles. The highest BCUT2D eigenvalue weighted by molar-refractivity contribution is 6.63. The first kappa shape index (κ1) is 11.1. The minimum atomic E-state index is -0.488. The zero-order valence-corrected chi connectivity index (χ0v) is 9.04. The zero-order valence-electron chi connectivity index (χ0n) is 8.29. The maximum Gasteiger partial charge on any atom is 0.259 e. The van der Waals surface area contributed by atoms with Gasteiger partial charge in [-0.2, -0.15) is 0 Å². The van der Waals surface area contributed by atoms with Crippen LogP contribution in [0.2, 0.25) is 0 Å². The van der Waals surface area contributed by atoms with Crippen molar-refractivity contribution >= 4 is 16.8 Å². The summed E-state index contributed by atoms with van der Waals surface area (Å²) in [6.07, 6.45) is 0. The number of hydrogen-bond acceptors (Lipinski definition) is 2. The molecule has 0 heterocycles.